The molecule has 0 radical (unpaired) electrons. The fourth-order valence-corrected chi connectivity index (χ4v) is 1.34. The monoisotopic (exact) mass is 168 g/mol. The molecule has 1 unspecified atom stereocenters. The zero-order valence-electron chi connectivity index (χ0n) is 8.81. The van der Waals surface area contributed by atoms with Crippen LogP contribution in [0.25, 0.3) is 0 Å². The molecule has 0 fully saturated rings. The molecule has 0 amide bonds. The van der Waals surface area contributed by atoms with Crippen LogP contribution in [0.4, 0.5) is 0 Å². The molecule has 0 heteroatoms. The first kappa shape index (κ1) is 11.7. The van der Waals surface area contributed by atoms with Crippen molar-refractivity contribution in [2.45, 2.75) is 58.8 Å². The van der Waals surface area contributed by atoms with Gasteiger partial charge in [-0.3, -0.25) is 0 Å². The topological polar surface area (TPSA) is 0 Å². The third-order valence-electron chi connectivity index (χ3n) is 2.55. The van der Waals surface area contributed by atoms with Gasteiger partial charge in [-0.1, -0.05) is 52.0 Å². The number of allylic oxidation sites excluding steroid dienone is 1. The lowest BCUT2D eigenvalue weighted by Gasteiger charge is -2.06. The Kier molecular flexibility index (Phi) is 8.64. The maximum Gasteiger partial charge on any atom is -0.0353 e. The van der Waals surface area contributed by atoms with Crippen LogP contribution in [0, 0.1) is 5.92 Å². The zero-order valence-corrected chi connectivity index (χ0v) is 8.81. The zero-order chi connectivity index (χ0) is 9.23. The molecule has 1 atom stereocenters. The van der Waals surface area contributed by atoms with Crippen LogP contribution >= 0.6 is 0 Å². The number of rotatable bonds is 8. The van der Waals surface area contributed by atoms with Crippen molar-refractivity contribution in [1.82, 2.24) is 0 Å². The van der Waals surface area contributed by atoms with Crippen LogP contribution in [-0.2, 0) is 0 Å². The van der Waals surface area contributed by atoms with E-state index in [1.807, 2.05) is 6.08 Å². The summed E-state index contributed by atoms with van der Waals surface area (Å²) in [6.07, 6.45) is 11.5. The van der Waals surface area contributed by atoms with E-state index in [1.165, 1.54) is 44.9 Å². The van der Waals surface area contributed by atoms with Gasteiger partial charge in [0.15, 0.2) is 0 Å². The third-order valence-corrected chi connectivity index (χ3v) is 2.55. The summed E-state index contributed by atoms with van der Waals surface area (Å²) in [6, 6.07) is 0. The number of unbranched alkanes of at least 4 members (excludes halogenated alkanes) is 4. The van der Waals surface area contributed by atoms with Gasteiger partial charge in [0, 0.05) is 0 Å². The standard InChI is InChI=1S/C12H24/c1-4-6-7-8-9-10-11-12(3)5-2/h4,12H,1,5-11H2,2-3H3. The van der Waals surface area contributed by atoms with Gasteiger partial charge in [0.2, 0.25) is 0 Å². The Morgan fingerprint density at radius 3 is 2.42 bits per heavy atom. The molecule has 0 bridgehead atoms. The predicted octanol–water partition coefficient (Wildman–Crippen LogP) is 4.56. The fraction of sp³-hybridized carbons (Fsp3) is 0.833. The van der Waals surface area contributed by atoms with E-state index < -0.39 is 0 Å². The van der Waals surface area contributed by atoms with Gasteiger partial charge in [0.25, 0.3) is 0 Å². The van der Waals surface area contributed by atoms with Crippen LogP contribution in [0.1, 0.15) is 58.8 Å². The van der Waals surface area contributed by atoms with Gasteiger partial charge in [0.05, 0.1) is 0 Å². The Bertz CT molecular complexity index is 94.2. The van der Waals surface area contributed by atoms with Gasteiger partial charge in [-0.05, 0) is 18.8 Å². The minimum atomic E-state index is 0.935. The van der Waals surface area contributed by atoms with E-state index in [4.69, 9.17) is 0 Å². The largest absolute Gasteiger partial charge is 0.103 e. The quantitative estimate of drug-likeness (QED) is 0.368. The SMILES string of the molecule is C=CCCCCCCC(C)CC. The summed E-state index contributed by atoms with van der Waals surface area (Å²) in [7, 11) is 0. The van der Waals surface area contributed by atoms with E-state index in [1.54, 1.807) is 0 Å². The summed E-state index contributed by atoms with van der Waals surface area (Å²) in [4.78, 5) is 0. The fourth-order valence-electron chi connectivity index (χ4n) is 1.34. The second-order valence-electron chi connectivity index (χ2n) is 3.79. The molecule has 0 rings (SSSR count). The van der Waals surface area contributed by atoms with Crippen molar-refractivity contribution < 1.29 is 0 Å². The lowest BCUT2D eigenvalue weighted by Crippen LogP contribution is -1.91. The molecule has 0 saturated carbocycles. The molecule has 0 saturated heterocycles. The summed E-state index contributed by atoms with van der Waals surface area (Å²) in [5, 5.41) is 0. The van der Waals surface area contributed by atoms with Gasteiger partial charge in [-0.25, -0.2) is 0 Å². The van der Waals surface area contributed by atoms with E-state index >= 15 is 0 Å². The molecule has 0 aliphatic rings. The van der Waals surface area contributed by atoms with Gasteiger partial charge in [0.1, 0.15) is 0 Å². The molecule has 0 aromatic carbocycles. The first-order chi connectivity index (χ1) is 5.81. The predicted molar refractivity (Wildman–Crippen MR) is 57.4 cm³/mol. The molecule has 0 aromatic rings. The minimum absolute atomic E-state index is 0.935. The van der Waals surface area contributed by atoms with Gasteiger partial charge in [-0.2, -0.15) is 0 Å². The smallest absolute Gasteiger partial charge is 0.0353 e. The van der Waals surface area contributed by atoms with Crippen LogP contribution < -0.4 is 0 Å². The molecule has 0 heterocycles. The lowest BCUT2D eigenvalue weighted by atomic mass is 10.0. The molecular weight excluding hydrogens is 144 g/mol. The summed E-state index contributed by atoms with van der Waals surface area (Å²) in [6.45, 7) is 8.35. The van der Waals surface area contributed by atoms with E-state index in [-0.39, 0.29) is 0 Å². The Morgan fingerprint density at radius 1 is 1.17 bits per heavy atom. The van der Waals surface area contributed by atoms with Gasteiger partial charge >= 0.3 is 0 Å². The van der Waals surface area contributed by atoms with Crippen LogP contribution in [0.5, 0.6) is 0 Å². The molecule has 0 spiro atoms. The van der Waals surface area contributed by atoms with E-state index in [0.717, 1.165) is 5.92 Å². The highest BCUT2D eigenvalue weighted by Gasteiger charge is 1.97. The maximum absolute atomic E-state index is 3.72. The Labute approximate surface area is 78.1 Å². The lowest BCUT2D eigenvalue weighted by molar-refractivity contribution is 0.475. The van der Waals surface area contributed by atoms with Crippen molar-refractivity contribution in [3.05, 3.63) is 12.7 Å². The van der Waals surface area contributed by atoms with Crippen LogP contribution in [0.15, 0.2) is 12.7 Å². The molecule has 0 aliphatic carbocycles. The summed E-state index contributed by atoms with van der Waals surface area (Å²) in [5.74, 6) is 0.935. The summed E-state index contributed by atoms with van der Waals surface area (Å²) >= 11 is 0. The second kappa shape index (κ2) is 8.83. The Balaban J connectivity index is 2.95. The molecule has 0 aromatic heterocycles. The molecular formula is C12H24. The maximum atomic E-state index is 3.72. The molecule has 0 nitrogen and oxygen atoms in total. The first-order valence-corrected chi connectivity index (χ1v) is 5.42. The highest BCUT2D eigenvalue weighted by Crippen LogP contribution is 2.13. The highest BCUT2D eigenvalue weighted by molar-refractivity contribution is 4.65. The van der Waals surface area contributed by atoms with Crippen molar-refractivity contribution in [2.75, 3.05) is 0 Å². The average Bonchev–Trinajstić information content (AvgIpc) is 2.10. The normalized spacial score (nSPS) is 12.8. The Morgan fingerprint density at radius 2 is 1.83 bits per heavy atom. The molecule has 12 heavy (non-hydrogen) atoms. The van der Waals surface area contributed by atoms with Gasteiger partial charge < -0.3 is 0 Å². The van der Waals surface area contributed by atoms with Crippen LogP contribution in [0.3, 0.4) is 0 Å². The van der Waals surface area contributed by atoms with Crippen molar-refractivity contribution >= 4 is 0 Å². The minimum Gasteiger partial charge on any atom is -0.103 e. The number of hydrogen-bond acceptors (Lipinski definition) is 0. The third kappa shape index (κ3) is 7.84. The summed E-state index contributed by atoms with van der Waals surface area (Å²) in [5.41, 5.74) is 0. The molecule has 72 valence electrons. The molecule has 0 N–H and O–H groups in total. The van der Waals surface area contributed by atoms with Crippen LogP contribution in [0.2, 0.25) is 0 Å². The average molecular weight is 168 g/mol. The van der Waals surface area contributed by atoms with Crippen molar-refractivity contribution in [3.63, 3.8) is 0 Å². The second-order valence-corrected chi connectivity index (χ2v) is 3.79. The highest BCUT2D eigenvalue weighted by atomic mass is 14.0. The van der Waals surface area contributed by atoms with Crippen LogP contribution in [-0.4, -0.2) is 0 Å². The first-order valence-electron chi connectivity index (χ1n) is 5.42. The van der Waals surface area contributed by atoms with E-state index in [9.17, 15) is 0 Å². The Hall–Kier alpha value is -0.260. The molecule has 0 aliphatic heterocycles. The van der Waals surface area contributed by atoms with E-state index in [2.05, 4.69) is 20.4 Å². The van der Waals surface area contributed by atoms with Crippen molar-refractivity contribution in [3.8, 4) is 0 Å². The van der Waals surface area contributed by atoms with E-state index in [0.29, 0.717) is 0 Å². The number of hydrogen-bond donors (Lipinski definition) is 0. The van der Waals surface area contributed by atoms with Gasteiger partial charge in [-0.15, -0.1) is 6.58 Å². The summed E-state index contributed by atoms with van der Waals surface area (Å²) < 4.78 is 0. The van der Waals surface area contributed by atoms with Crippen molar-refractivity contribution in [1.29, 1.82) is 0 Å². The van der Waals surface area contributed by atoms with Crippen molar-refractivity contribution in [2.24, 2.45) is 5.92 Å².